The van der Waals surface area contributed by atoms with E-state index < -0.39 is 6.04 Å². The lowest BCUT2D eigenvalue weighted by molar-refractivity contribution is 0.0745. The number of methoxy groups -OCH3 is 3. The average Bonchev–Trinajstić information content (AvgIpc) is 3.59. The van der Waals surface area contributed by atoms with E-state index in [1.54, 1.807) is 33.5 Å². The van der Waals surface area contributed by atoms with E-state index in [4.69, 9.17) is 30.5 Å². The fourth-order valence-corrected chi connectivity index (χ4v) is 5.82. The quantitative estimate of drug-likeness (QED) is 0.144. The zero-order chi connectivity index (χ0) is 31.2. The summed E-state index contributed by atoms with van der Waals surface area (Å²) in [6.45, 7) is 3.18. The van der Waals surface area contributed by atoms with Crippen molar-refractivity contribution in [2.75, 3.05) is 34.5 Å². The van der Waals surface area contributed by atoms with Gasteiger partial charge in [0.1, 0.15) is 17.1 Å². The third-order valence-corrected chi connectivity index (χ3v) is 8.16. The Bertz CT molecular complexity index is 1620. The van der Waals surface area contributed by atoms with Crippen LogP contribution in [-0.4, -0.2) is 60.6 Å². The topological polar surface area (TPSA) is 106 Å². The molecule has 2 heterocycles. The van der Waals surface area contributed by atoms with Gasteiger partial charge in [-0.2, -0.15) is 5.10 Å². The molecule has 2 N–H and O–H groups in total. The molecule has 0 spiro atoms. The van der Waals surface area contributed by atoms with Crippen LogP contribution < -0.4 is 18.9 Å². The number of nitrogens with zero attached hydrogens (tertiary/aromatic N) is 2. The van der Waals surface area contributed by atoms with Crippen LogP contribution in [0.1, 0.15) is 65.8 Å². The van der Waals surface area contributed by atoms with Gasteiger partial charge in [0.15, 0.2) is 23.0 Å². The van der Waals surface area contributed by atoms with Crippen molar-refractivity contribution in [3.05, 3.63) is 82.0 Å². The van der Waals surface area contributed by atoms with E-state index in [1.165, 1.54) is 12.5 Å². The number of hydrogen-bond donors (Lipinski definition) is 2. The monoisotopic (exact) mass is 619 g/mol. The second-order valence-electron chi connectivity index (χ2n) is 10.7. The maximum Gasteiger partial charge on any atom is 0.273 e. The van der Waals surface area contributed by atoms with E-state index >= 15 is 0 Å². The predicted molar refractivity (Wildman–Crippen MR) is 169 cm³/mol. The number of hydrogen-bond acceptors (Lipinski definition) is 7. The van der Waals surface area contributed by atoms with Crippen molar-refractivity contribution in [1.82, 2.24) is 15.1 Å². The first-order valence-electron chi connectivity index (χ1n) is 14.8. The third kappa shape index (κ3) is 6.28. The number of carbonyl (C=O) groups excluding carboxylic acids is 1. The van der Waals surface area contributed by atoms with Gasteiger partial charge in [0, 0.05) is 22.7 Å². The number of aromatic nitrogens is 2. The molecule has 0 saturated heterocycles. The van der Waals surface area contributed by atoms with Crippen molar-refractivity contribution >= 4 is 17.5 Å². The second kappa shape index (κ2) is 13.9. The minimum atomic E-state index is -0.516. The summed E-state index contributed by atoms with van der Waals surface area (Å²) in [5, 5.41) is 18.6. The van der Waals surface area contributed by atoms with Gasteiger partial charge in [-0.3, -0.25) is 9.89 Å². The predicted octanol–water partition coefficient (Wildman–Crippen LogP) is 7.21. The first kappa shape index (κ1) is 31.1. The molecule has 1 atom stereocenters. The van der Waals surface area contributed by atoms with Gasteiger partial charge in [0.05, 0.1) is 34.0 Å². The van der Waals surface area contributed by atoms with E-state index in [0.29, 0.717) is 70.1 Å². The van der Waals surface area contributed by atoms with Crippen LogP contribution in [-0.2, 0) is 6.42 Å². The highest BCUT2D eigenvalue weighted by Crippen LogP contribution is 2.46. The number of rotatable bonds is 14. The van der Waals surface area contributed by atoms with Crippen molar-refractivity contribution in [2.45, 2.75) is 45.1 Å². The SMILES string of the molecule is CCCCCCOc1ccc(C2c3c(-c4cc(Cl)ccc4O)n[nH]c3C(=O)N2CCc2ccc(OC)c(OC)c2)cc1OC. The van der Waals surface area contributed by atoms with E-state index in [2.05, 4.69) is 17.1 Å². The summed E-state index contributed by atoms with van der Waals surface area (Å²) in [5.41, 5.74) is 3.74. The van der Waals surface area contributed by atoms with Gasteiger partial charge in [0.2, 0.25) is 0 Å². The Hall–Kier alpha value is -4.37. The van der Waals surface area contributed by atoms with Crippen LogP contribution in [0.3, 0.4) is 0 Å². The van der Waals surface area contributed by atoms with Crippen molar-refractivity contribution in [3.8, 4) is 40.0 Å². The molecule has 0 bridgehead atoms. The molecule has 4 aromatic rings. The first-order chi connectivity index (χ1) is 21.4. The maximum absolute atomic E-state index is 13.9. The molecule has 232 valence electrons. The average molecular weight is 620 g/mol. The van der Waals surface area contributed by atoms with Gasteiger partial charge < -0.3 is 29.0 Å². The molecule has 44 heavy (non-hydrogen) atoms. The molecule has 1 aliphatic rings. The number of benzene rings is 3. The molecule has 1 amide bonds. The molecule has 0 radical (unpaired) electrons. The zero-order valence-electron chi connectivity index (χ0n) is 25.5. The number of amides is 1. The molecule has 0 fully saturated rings. The largest absolute Gasteiger partial charge is 0.507 e. The Morgan fingerprint density at radius 2 is 1.66 bits per heavy atom. The number of fused-ring (bicyclic) bond motifs is 1. The lowest BCUT2D eigenvalue weighted by atomic mass is 9.95. The lowest BCUT2D eigenvalue weighted by Crippen LogP contribution is -2.31. The van der Waals surface area contributed by atoms with Crippen LogP contribution >= 0.6 is 11.6 Å². The summed E-state index contributed by atoms with van der Waals surface area (Å²) in [4.78, 5) is 15.7. The molecule has 0 aliphatic carbocycles. The first-order valence-corrected chi connectivity index (χ1v) is 15.2. The van der Waals surface area contributed by atoms with Crippen LogP contribution in [0.15, 0.2) is 54.6 Å². The number of phenolic OH excluding ortho intramolecular Hbond substituents is 1. The number of halogens is 1. The van der Waals surface area contributed by atoms with Crippen molar-refractivity contribution in [2.24, 2.45) is 0 Å². The minimum Gasteiger partial charge on any atom is -0.507 e. The second-order valence-corrected chi connectivity index (χ2v) is 11.1. The number of nitrogens with one attached hydrogen (secondary N) is 1. The van der Waals surface area contributed by atoms with Crippen molar-refractivity contribution < 1.29 is 28.8 Å². The zero-order valence-corrected chi connectivity index (χ0v) is 26.2. The normalized spacial score (nSPS) is 14.1. The summed E-state index contributed by atoms with van der Waals surface area (Å²) in [6.07, 6.45) is 4.97. The van der Waals surface area contributed by atoms with Gasteiger partial charge >= 0.3 is 0 Å². The fourth-order valence-electron chi connectivity index (χ4n) is 5.65. The highest BCUT2D eigenvalue weighted by Gasteiger charge is 2.42. The summed E-state index contributed by atoms with van der Waals surface area (Å²) < 4.78 is 22.7. The van der Waals surface area contributed by atoms with E-state index in [9.17, 15) is 9.90 Å². The Morgan fingerprint density at radius 3 is 2.41 bits per heavy atom. The third-order valence-electron chi connectivity index (χ3n) is 7.93. The van der Waals surface area contributed by atoms with Gasteiger partial charge in [-0.1, -0.05) is 49.9 Å². The lowest BCUT2D eigenvalue weighted by Gasteiger charge is -2.27. The van der Waals surface area contributed by atoms with Gasteiger partial charge in [-0.15, -0.1) is 0 Å². The van der Waals surface area contributed by atoms with Crippen LogP contribution in [0.4, 0.5) is 0 Å². The smallest absolute Gasteiger partial charge is 0.273 e. The molecule has 5 rings (SSSR count). The standard InChI is InChI=1S/C34H38ClN3O6/c1-5-6-7-8-17-44-27-14-10-22(19-29(27)43-4)33-30-31(24-20-23(35)11-12-25(24)39)36-37-32(30)34(40)38(33)16-15-21-9-13-26(41-2)28(18-21)42-3/h9-14,18-20,33,39H,5-8,15-17H2,1-4H3,(H,36,37). The Morgan fingerprint density at radius 1 is 0.909 bits per heavy atom. The number of phenols is 1. The fraction of sp³-hybridized carbons (Fsp3) is 0.353. The highest BCUT2D eigenvalue weighted by atomic mass is 35.5. The Labute approximate surface area is 262 Å². The van der Waals surface area contributed by atoms with Crippen molar-refractivity contribution in [3.63, 3.8) is 0 Å². The number of H-pyrrole nitrogens is 1. The number of unbranched alkanes of at least 4 members (excludes halogenated alkanes) is 3. The molecule has 3 aromatic carbocycles. The molecule has 9 nitrogen and oxygen atoms in total. The van der Waals surface area contributed by atoms with E-state index in [1.807, 2.05) is 41.3 Å². The van der Waals surface area contributed by atoms with Gasteiger partial charge in [-0.25, -0.2) is 0 Å². The van der Waals surface area contributed by atoms with Crippen molar-refractivity contribution in [1.29, 1.82) is 0 Å². The molecule has 0 saturated carbocycles. The van der Waals surface area contributed by atoms with Crippen LogP contribution in [0.2, 0.25) is 5.02 Å². The van der Waals surface area contributed by atoms with E-state index in [-0.39, 0.29) is 11.7 Å². The van der Waals surface area contributed by atoms with Gasteiger partial charge in [0.25, 0.3) is 5.91 Å². The maximum atomic E-state index is 13.9. The summed E-state index contributed by atoms with van der Waals surface area (Å²) in [7, 11) is 4.80. The summed E-state index contributed by atoms with van der Waals surface area (Å²) in [5.74, 6) is 2.31. The molecular weight excluding hydrogens is 582 g/mol. The minimum absolute atomic E-state index is 0.0167. The number of ether oxygens (including phenoxy) is 4. The van der Waals surface area contributed by atoms with Crippen LogP contribution in [0, 0.1) is 0 Å². The van der Waals surface area contributed by atoms with Gasteiger partial charge in [-0.05, 0) is 66.4 Å². The van der Waals surface area contributed by atoms with E-state index in [0.717, 1.165) is 30.4 Å². The molecular formula is C34H38ClN3O6. The summed E-state index contributed by atoms with van der Waals surface area (Å²) >= 11 is 6.31. The molecule has 1 aliphatic heterocycles. The Balaban J connectivity index is 1.52. The molecule has 10 heteroatoms. The Kier molecular flexibility index (Phi) is 9.85. The number of aromatic amines is 1. The number of carbonyl (C=O) groups is 1. The number of aromatic hydroxyl groups is 1. The van der Waals surface area contributed by atoms with Crippen LogP contribution in [0.5, 0.6) is 28.7 Å². The molecule has 1 aromatic heterocycles. The summed E-state index contributed by atoms with van der Waals surface area (Å²) in [6, 6.07) is 15.8. The van der Waals surface area contributed by atoms with Crippen LogP contribution in [0.25, 0.3) is 11.3 Å². The highest BCUT2D eigenvalue weighted by molar-refractivity contribution is 6.31. The molecule has 1 unspecified atom stereocenters.